The lowest BCUT2D eigenvalue weighted by atomic mass is 10.1. The molecule has 0 aliphatic rings. The number of hydrogen-bond acceptors (Lipinski definition) is 5. The Kier molecular flexibility index (Phi) is 6.86. The number of methoxy groups -OCH3 is 3. The van der Waals surface area contributed by atoms with Gasteiger partial charge in [0.1, 0.15) is 17.4 Å². The maximum Gasteiger partial charge on any atom is 0.266 e. The molecule has 0 saturated carbocycles. The van der Waals surface area contributed by atoms with Crippen LogP contribution in [-0.2, 0) is 4.79 Å². The molecular formula is C19H17IN2O4. The standard InChI is InChI=1S/C19H17IN2O4/c1-24-15-6-4-14(5-7-15)22-19(23)13(11-21)8-12-9-16(20)18(26-3)17(10-12)25-2/h4-10H,1-3H3,(H,22,23). The molecule has 0 heterocycles. The van der Waals surface area contributed by atoms with Crippen molar-refractivity contribution in [1.82, 2.24) is 0 Å². The molecule has 0 radical (unpaired) electrons. The van der Waals surface area contributed by atoms with Gasteiger partial charge in [0.2, 0.25) is 0 Å². The average Bonchev–Trinajstić information content (AvgIpc) is 2.66. The van der Waals surface area contributed by atoms with Crippen LogP contribution in [0.15, 0.2) is 42.0 Å². The van der Waals surface area contributed by atoms with Gasteiger partial charge in [0.15, 0.2) is 11.5 Å². The van der Waals surface area contributed by atoms with Crippen molar-refractivity contribution in [1.29, 1.82) is 5.26 Å². The number of nitriles is 1. The number of nitrogens with zero attached hydrogens (tertiary/aromatic N) is 1. The first-order chi connectivity index (χ1) is 12.5. The third kappa shape index (κ3) is 4.67. The van der Waals surface area contributed by atoms with Gasteiger partial charge in [-0.15, -0.1) is 0 Å². The number of nitrogens with one attached hydrogen (secondary N) is 1. The van der Waals surface area contributed by atoms with Gasteiger partial charge < -0.3 is 19.5 Å². The van der Waals surface area contributed by atoms with Crippen LogP contribution in [-0.4, -0.2) is 27.2 Å². The van der Waals surface area contributed by atoms with Crippen LogP contribution in [0.1, 0.15) is 5.56 Å². The second-order valence-electron chi connectivity index (χ2n) is 5.09. The van der Waals surface area contributed by atoms with Gasteiger partial charge in [-0.05, 0) is 70.6 Å². The molecule has 2 aromatic carbocycles. The fourth-order valence-electron chi connectivity index (χ4n) is 2.21. The molecule has 0 fully saturated rings. The number of anilines is 1. The molecule has 26 heavy (non-hydrogen) atoms. The molecule has 0 aliphatic heterocycles. The Labute approximate surface area is 165 Å². The highest BCUT2D eigenvalue weighted by Crippen LogP contribution is 2.34. The molecule has 0 spiro atoms. The quantitative estimate of drug-likeness (QED) is 0.399. The minimum Gasteiger partial charge on any atom is -0.497 e. The Morgan fingerprint density at radius 1 is 1.12 bits per heavy atom. The molecule has 0 atom stereocenters. The minimum atomic E-state index is -0.498. The summed E-state index contributed by atoms with van der Waals surface area (Å²) in [6.45, 7) is 0. The van der Waals surface area contributed by atoms with E-state index in [0.717, 1.165) is 3.57 Å². The molecule has 0 unspecified atom stereocenters. The third-order valence-corrected chi connectivity index (χ3v) is 4.28. The molecule has 6 nitrogen and oxygen atoms in total. The van der Waals surface area contributed by atoms with E-state index in [2.05, 4.69) is 27.9 Å². The number of amides is 1. The van der Waals surface area contributed by atoms with Crippen LogP contribution in [0, 0.1) is 14.9 Å². The smallest absolute Gasteiger partial charge is 0.266 e. The van der Waals surface area contributed by atoms with Crippen LogP contribution >= 0.6 is 22.6 Å². The highest BCUT2D eigenvalue weighted by Gasteiger charge is 2.13. The summed E-state index contributed by atoms with van der Waals surface area (Å²) in [5.41, 5.74) is 1.20. The second-order valence-corrected chi connectivity index (χ2v) is 6.25. The van der Waals surface area contributed by atoms with Crippen LogP contribution in [0.3, 0.4) is 0 Å². The van der Waals surface area contributed by atoms with Crippen molar-refractivity contribution < 1.29 is 19.0 Å². The largest absolute Gasteiger partial charge is 0.497 e. The number of halogens is 1. The average molecular weight is 464 g/mol. The molecular weight excluding hydrogens is 447 g/mol. The lowest BCUT2D eigenvalue weighted by molar-refractivity contribution is -0.112. The summed E-state index contributed by atoms with van der Waals surface area (Å²) < 4.78 is 16.5. The summed E-state index contributed by atoms with van der Waals surface area (Å²) in [5.74, 6) is 1.31. The highest BCUT2D eigenvalue weighted by molar-refractivity contribution is 14.1. The number of carbonyl (C=O) groups is 1. The third-order valence-electron chi connectivity index (χ3n) is 3.48. The second kappa shape index (κ2) is 9.10. The van der Waals surface area contributed by atoms with Gasteiger partial charge in [0, 0.05) is 5.69 Å². The summed E-state index contributed by atoms with van der Waals surface area (Å²) in [7, 11) is 4.65. The van der Waals surface area contributed by atoms with E-state index in [0.29, 0.717) is 28.5 Å². The summed E-state index contributed by atoms with van der Waals surface area (Å²) in [6.07, 6.45) is 1.50. The SMILES string of the molecule is COc1ccc(NC(=O)C(C#N)=Cc2cc(I)c(OC)c(OC)c2)cc1. The van der Waals surface area contributed by atoms with Crippen LogP contribution < -0.4 is 19.5 Å². The van der Waals surface area contributed by atoms with Crippen molar-refractivity contribution in [2.45, 2.75) is 0 Å². The van der Waals surface area contributed by atoms with Crippen LogP contribution in [0.2, 0.25) is 0 Å². The van der Waals surface area contributed by atoms with Gasteiger partial charge in [-0.1, -0.05) is 0 Å². The number of ether oxygens (including phenoxy) is 3. The van der Waals surface area contributed by atoms with Crippen LogP contribution in [0.25, 0.3) is 6.08 Å². The summed E-state index contributed by atoms with van der Waals surface area (Å²) in [5, 5.41) is 12.0. The molecule has 1 N–H and O–H groups in total. The summed E-state index contributed by atoms with van der Waals surface area (Å²) >= 11 is 2.11. The molecule has 0 aromatic heterocycles. The zero-order valence-corrected chi connectivity index (χ0v) is 16.7. The van der Waals surface area contributed by atoms with Gasteiger partial charge in [-0.2, -0.15) is 5.26 Å². The molecule has 134 valence electrons. The Hall–Kier alpha value is -2.73. The van der Waals surface area contributed by atoms with E-state index >= 15 is 0 Å². The monoisotopic (exact) mass is 464 g/mol. The number of carbonyl (C=O) groups excluding carboxylic acids is 1. The lowest BCUT2D eigenvalue weighted by Crippen LogP contribution is -2.13. The summed E-state index contributed by atoms with van der Waals surface area (Å²) in [6, 6.07) is 12.3. The van der Waals surface area contributed by atoms with Gasteiger partial charge in [0.25, 0.3) is 5.91 Å². The van der Waals surface area contributed by atoms with E-state index in [1.807, 2.05) is 6.07 Å². The first-order valence-electron chi connectivity index (χ1n) is 7.51. The fourth-order valence-corrected chi connectivity index (χ4v) is 3.05. The Balaban J connectivity index is 2.27. The minimum absolute atomic E-state index is 0.0242. The van der Waals surface area contributed by atoms with Crippen molar-refractivity contribution in [3.8, 4) is 23.3 Å². The first kappa shape index (κ1) is 19.6. The Morgan fingerprint density at radius 3 is 2.35 bits per heavy atom. The van der Waals surface area contributed by atoms with E-state index in [1.165, 1.54) is 13.2 Å². The Morgan fingerprint density at radius 2 is 1.81 bits per heavy atom. The number of hydrogen-bond donors (Lipinski definition) is 1. The Bertz CT molecular complexity index is 870. The molecule has 0 aliphatic carbocycles. The molecule has 0 bridgehead atoms. The van der Waals surface area contributed by atoms with Gasteiger partial charge in [-0.3, -0.25) is 4.79 Å². The highest BCUT2D eigenvalue weighted by atomic mass is 127. The first-order valence-corrected chi connectivity index (χ1v) is 8.59. The molecule has 1 amide bonds. The lowest BCUT2D eigenvalue weighted by Gasteiger charge is -2.11. The molecule has 2 aromatic rings. The maximum atomic E-state index is 12.4. The van der Waals surface area contributed by atoms with E-state index < -0.39 is 5.91 Å². The topological polar surface area (TPSA) is 80.6 Å². The van der Waals surface area contributed by atoms with E-state index in [4.69, 9.17) is 14.2 Å². The molecule has 7 heteroatoms. The maximum absolute atomic E-state index is 12.4. The normalized spacial score (nSPS) is 10.7. The van der Waals surface area contributed by atoms with Crippen molar-refractivity contribution in [2.75, 3.05) is 26.6 Å². The van der Waals surface area contributed by atoms with Crippen molar-refractivity contribution in [3.05, 3.63) is 51.1 Å². The van der Waals surface area contributed by atoms with Gasteiger partial charge in [-0.25, -0.2) is 0 Å². The number of benzene rings is 2. The fraction of sp³-hybridized carbons (Fsp3) is 0.158. The molecule has 2 rings (SSSR count). The zero-order valence-electron chi connectivity index (χ0n) is 14.5. The predicted octanol–water partition coefficient (Wildman–Crippen LogP) is 3.86. The predicted molar refractivity (Wildman–Crippen MR) is 107 cm³/mol. The van der Waals surface area contributed by atoms with Crippen LogP contribution in [0.5, 0.6) is 17.2 Å². The van der Waals surface area contributed by atoms with Crippen LogP contribution in [0.4, 0.5) is 5.69 Å². The van der Waals surface area contributed by atoms with Gasteiger partial charge >= 0.3 is 0 Å². The zero-order chi connectivity index (χ0) is 19.1. The van der Waals surface area contributed by atoms with Crippen molar-refractivity contribution >= 4 is 40.3 Å². The van der Waals surface area contributed by atoms with Gasteiger partial charge in [0.05, 0.1) is 24.9 Å². The van der Waals surface area contributed by atoms with E-state index in [9.17, 15) is 10.1 Å². The van der Waals surface area contributed by atoms with Crippen molar-refractivity contribution in [3.63, 3.8) is 0 Å². The summed E-state index contributed by atoms with van der Waals surface area (Å²) in [4.78, 5) is 12.4. The molecule has 0 saturated heterocycles. The van der Waals surface area contributed by atoms with E-state index in [1.54, 1.807) is 50.6 Å². The van der Waals surface area contributed by atoms with Crippen molar-refractivity contribution in [2.24, 2.45) is 0 Å². The number of rotatable bonds is 6. The van der Waals surface area contributed by atoms with E-state index in [-0.39, 0.29) is 5.57 Å².